The molecule has 0 rings (SSSR count). The van der Waals surface area contributed by atoms with Crippen LogP contribution in [0.4, 0.5) is 0 Å². The number of hydrogen-bond acceptors (Lipinski definition) is 3. The number of aliphatic hydroxyl groups is 1. The zero-order chi connectivity index (χ0) is 10.2. The van der Waals surface area contributed by atoms with Gasteiger partial charge < -0.3 is 12.0 Å². The maximum Gasteiger partial charge on any atom is 1.00 e. The van der Waals surface area contributed by atoms with Crippen LogP contribution in [0.5, 0.6) is 0 Å². The third-order valence-corrected chi connectivity index (χ3v) is 0.772. The molecule has 13 heavy (non-hydrogen) atoms. The SMILES string of the molecule is C=CCC(O)C[CH2-].O=S(=O)(O)O.[Na+]. The Bertz CT molecular complexity index is 193. The molecule has 0 aromatic carbocycles. The molecule has 0 fully saturated rings. The molecule has 0 aromatic heterocycles. The first-order chi connectivity index (χ1) is 5.31. The number of hydrogen-bond donors (Lipinski definition) is 3. The fourth-order valence-corrected chi connectivity index (χ4v) is 0.310. The Hall–Kier alpha value is 0.570. The summed E-state index contributed by atoms with van der Waals surface area (Å²) in [5, 5.41) is 8.72. The molecule has 5 nitrogen and oxygen atoms in total. The van der Waals surface area contributed by atoms with Crippen LogP contribution < -0.4 is 29.6 Å². The molecule has 0 saturated carbocycles. The van der Waals surface area contributed by atoms with Crippen LogP contribution in [-0.2, 0) is 10.4 Å². The molecule has 1 atom stereocenters. The first-order valence-corrected chi connectivity index (χ1v) is 4.49. The van der Waals surface area contributed by atoms with Crippen LogP contribution in [0, 0.1) is 6.92 Å². The zero-order valence-electron chi connectivity index (χ0n) is 7.55. The molecule has 0 aromatic rings. The van der Waals surface area contributed by atoms with Crippen molar-refractivity contribution < 1.29 is 52.2 Å². The average Bonchev–Trinajstić information content (AvgIpc) is 1.85. The van der Waals surface area contributed by atoms with Gasteiger partial charge in [0, 0.05) is 6.10 Å². The molecule has 0 radical (unpaired) electrons. The predicted molar refractivity (Wildman–Crippen MR) is 45.0 cm³/mol. The molecule has 1 unspecified atom stereocenters. The number of aliphatic hydroxyl groups excluding tert-OH is 1. The fourth-order valence-electron chi connectivity index (χ4n) is 0.310. The Morgan fingerprint density at radius 3 is 1.85 bits per heavy atom. The summed E-state index contributed by atoms with van der Waals surface area (Å²) in [7, 11) is -4.67. The minimum absolute atomic E-state index is 0. The summed E-state index contributed by atoms with van der Waals surface area (Å²) >= 11 is 0. The third-order valence-electron chi connectivity index (χ3n) is 0.772. The third kappa shape index (κ3) is 45.3. The topological polar surface area (TPSA) is 94.8 Å². The Morgan fingerprint density at radius 2 is 1.77 bits per heavy atom. The molecule has 0 aliphatic heterocycles. The van der Waals surface area contributed by atoms with E-state index < -0.39 is 10.4 Å². The molecular formula is C6H13NaO5S. The van der Waals surface area contributed by atoms with E-state index in [0.29, 0.717) is 12.8 Å². The van der Waals surface area contributed by atoms with Gasteiger partial charge in [0.05, 0.1) is 0 Å². The fraction of sp³-hybridized carbons (Fsp3) is 0.500. The van der Waals surface area contributed by atoms with Crippen molar-refractivity contribution in [2.75, 3.05) is 0 Å². The maximum absolute atomic E-state index is 8.74. The van der Waals surface area contributed by atoms with Crippen LogP contribution in [-0.4, -0.2) is 28.7 Å². The van der Waals surface area contributed by atoms with E-state index >= 15 is 0 Å². The van der Waals surface area contributed by atoms with Crippen LogP contribution in [0.25, 0.3) is 0 Å². The summed E-state index contributed by atoms with van der Waals surface area (Å²) in [4.78, 5) is 0. The van der Waals surface area contributed by atoms with Crippen LogP contribution in [0.15, 0.2) is 12.7 Å². The normalized spacial score (nSPS) is 11.7. The van der Waals surface area contributed by atoms with Gasteiger partial charge in [-0.3, -0.25) is 9.11 Å². The van der Waals surface area contributed by atoms with Crippen molar-refractivity contribution in [3.8, 4) is 0 Å². The Balaban J connectivity index is -0.000000150. The van der Waals surface area contributed by atoms with E-state index in [0.717, 1.165) is 0 Å². The minimum Gasteiger partial charge on any atom is -0.395 e. The van der Waals surface area contributed by atoms with Crippen LogP contribution in [0.1, 0.15) is 12.8 Å². The first kappa shape index (κ1) is 19.2. The standard InChI is InChI=1S/C6H11O.Na.H2O4S/c1-3-5-6(7)4-2;;1-5(2,3)4/h3,6-7H,1-2,4-5H2;;(H2,1,2,3,4)/q-1;+1;. The van der Waals surface area contributed by atoms with E-state index in [1.54, 1.807) is 6.08 Å². The molecule has 0 spiro atoms. The van der Waals surface area contributed by atoms with Gasteiger partial charge in [-0.05, 0) is 6.42 Å². The van der Waals surface area contributed by atoms with Gasteiger partial charge in [0.25, 0.3) is 0 Å². The van der Waals surface area contributed by atoms with Crippen molar-refractivity contribution in [2.45, 2.75) is 18.9 Å². The Kier molecular flexibility index (Phi) is 15.7. The van der Waals surface area contributed by atoms with Gasteiger partial charge in [-0.1, -0.05) is 6.08 Å². The second-order valence-electron chi connectivity index (χ2n) is 1.91. The summed E-state index contributed by atoms with van der Waals surface area (Å²) in [6, 6.07) is 0. The molecule has 7 heteroatoms. The summed E-state index contributed by atoms with van der Waals surface area (Å²) in [6.07, 6.45) is 2.64. The molecule has 3 N–H and O–H groups in total. The maximum atomic E-state index is 8.74. The van der Waals surface area contributed by atoms with Crippen molar-refractivity contribution in [2.24, 2.45) is 0 Å². The summed E-state index contributed by atoms with van der Waals surface area (Å²) in [5.41, 5.74) is 0. The van der Waals surface area contributed by atoms with Crippen molar-refractivity contribution >= 4 is 10.4 Å². The van der Waals surface area contributed by atoms with E-state index in [2.05, 4.69) is 13.5 Å². The second-order valence-corrected chi connectivity index (χ2v) is 2.81. The Labute approximate surface area is 101 Å². The molecule has 0 bridgehead atoms. The van der Waals surface area contributed by atoms with E-state index in [-0.39, 0.29) is 35.7 Å². The molecule has 74 valence electrons. The van der Waals surface area contributed by atoms with Crippen molar-refractivity contribution in [3.63, 3.8) is 0 Å². The summed E-state index contributed by atoms with van der Waals surface area (Å²) in [6.45, 7) is 6.97. The van der Waals surface area contributed by atoms with E-state index in [1.165, 1.54) is 0 Å². The quantitative estimate of drug-likeness (QED) is 0.211. The smallest absolute Gasteiger partial charge is 0.395 e. The van der Waals surface area contributed by atoms with Crippen LogP contribution in [0.2, 0.25) is 0 Å². The molecule has 0 amide bonds. The van der Waals surface area contributed by atoms with Crippen LogP contribution in [0.3, 0.4) is 0 Å². The first-order valence-electron chi connectivity index (χ1n) is 3.09. The van der Waals surface area contributed by atoms with Gasteiger partial charge in [0.15, 0.2) is 0 Å². The zero-order valence-corrected chi connectivity index (χ0v) is 10.4. The monoisotopic (exact) mass is 220 g/mol. The summed E-state index contributed by atoms with van der Waals surface area (Å²) < 4.78 is 31.6. The van der Waals surface area contributed by atoms with Gasteiger partial charge in [0.2, 0.25) is 0 Å². The molecule has 0 aliphatic rings. The van der Waals surface area contributed by atoms with E-state index in [9.17, 15) is 0 Å². The Morgan fingerprint density at radius 1 is 1.46 bits per heavy atom. The van der Waals surface area contributed by atoms with E-state index in [1.807, 2.05) is 0 Å². The van der Waals surface area contributed by atoms with Gasteiger partial charge in [-0.25, -0.2) is 0 Å². The molecule has 0 heterocycles. The van der Waals surface area contributed by atoms with Crippen LogP contribution >= 0.6 is 0 Å². The second kappa shape index (κ2) is 10.6. The predicted octanol–water partition coefficient (Wildman–Crippen LogP) is -2.50. The van der Waals surface area contributed by atoms with Gasteiger partial charge >= 0.3 is 40.0 Å². The van der Waals surface area contributed by atoms with Gasteiger partial charge in [0.1, 0.15) is 0 Å². The summed E-state index contributed by atoms with van der Waals surface area (Å²) in [5.74, 6) is 0. The molecule has 0 saturated heterocycles. The largest absolute Gasteiger partial charge is 1.00 e. The van der Waals surface area contributed by atoms with Gasteiger partial charge in [-0.15, -0.1) is 6.58 Å². The molecular weight excluding hydrogens is 207 g/mol. The minimum atomic E-state index is -4.67. The van der Waals surface area contributed by atoms with Crippen molar-refractivity contribution in [1.29, 1.82) is 0 Å². The van der Waals surface area contributed by atoms with Crippen molar-refractivity contribution in [1.82, 2.24) is 0 Å². The van der Waals surface area contributed by atoms with Gasteiger partial charge in [-0.2, -0.15) is 14.8 Å². The van der Waals surface area contributed by atoms with Crippen molar-refractivity contribution in [3.05, 3.63) is 19.6 Å². The van der Waals surface area contributed by atoms with E-state index in [4.69, 9.17) is 22.6 Å². The number of rotatable bonds is 3. The average molecular weight is 220 g/mol. The molecule has 0 aliphatic carbocycles.